The van der Waals surface area contributed by atoms with E-state index >= 15 is 0 Å². The molecule has 3 aromatic rings. The van der Waals surface area contributed by atoms with Gasteiger partial charge in [-0.2, -0.15) is 0 Å². The molecule has 2 atom stereocenters. The second kappa shape index (κ2) is 7.11. The molecule has 2 aliphatic rings. The van der Waals surface area contributed by atoms with Crippen LogP contribution in [-0.2, 0) is 6.42 Å². The average Bonchev–Trinajstić information content (AvgIpc) is 3.18. The molecular weight excluding hydrogens is 404 g/mol. The Bertz CT molecular complexity index is 1170. The normalized spacial score (nSPS) is 21.2. The van der Waals surface area contributed by atoms with Gasteiger partial charge in [0.25, 0.3) is 5.56 Å². The quantitative estimate of drug-likeness (QED) is 0.680. The molecule has 4 heterocycles. The fourth-order valence-electron chi connectivity index (χ4n) is 4.81. The molecule has 0 unspecified atom stereocenters. The highest BCUT2D eigenvalue weighted by atomic mass is 35.5. The summed E-state index contributed by atoms with van der Waals surface area (Å²) in [5.74, 6) is 0.460. The molecule has 0 spiro atoms. The number of thiazole rings is 1. The maximum atomic E-state index is 13.1. The lowest BCUT2D eigenvalue weighted by Gasteiger charge is -2.35. The van der Waals surface area contributed by atoms with Crippen LogP contribution in [0.1, 0.15) is 39.7 Å². The molecular formula is C22H25ClN4OS. The van der Waals surface area contributed by atoms with Gasteiger partial charge in [-0.25, -0.2) is 4.98 Å². The second-order valence-corrected chi connectivity index (χ2v) is 9.89. The van der Waals surface area contributed by atoms with E-state index in [0.717, 1.165) is 64.3 Å². The number of hydrogen-bond acceptors (Lipinski definition) is 5. The first-order chi connectivity index (χ1) is 13.9. The van der Waals surface area contributed by atoms with Crippen LogP contribution < -0.4 is 10.9 Å². The number of anilines is 1. The van der Waals surface area contributed by atoms with Crippen LogP contribution in [0.25, 0.3) is 4.96 Å². The molecule has 1 saturated heterocycles. The number of benzene rings is 1. The predicted octanol–water partition coefficient (Wildman–Crippen LogP) is 4.16. The third-order valence-corrected chi connectivity index (χ3v) is 7.86. The van der Waals surface area contributed by atoms with Gasteiger partial charge in [-0.3, -0.25) is 9.20 Å². The molecule has 0 radical (unpaired) electrons. The first kappa shape index (κ1) is 19.1. The van der Waals surface area contributed by atoms with Gasteiger partial charge in [0.2, 0.25) is 0 Å². The maximum absolute atomic E-state index is 13.1. The molecule has 1 N–H and O–H groups in total. The standard InChI is InChI=1S/C22H25ClN4OS/c1-12-16(21(28)27-13(2)14(3)29-22(27)24-12)6-8-26-9-7-20-18(11-26)17-10-15(23)4-5-19(17)25-20/h4-5,10,18,20,25H,6-9,11H2,1-3H3/t18-,20+/m0/s1. The molecule has 1 aromatic carbocycles. The number of nitrogens with zero attached hydrogens (tertiary/aromatic N) is 3. The first-order valence-electron chi connectivity index (χ1n) is 10.2. The summed E-state index contributed by atoms with van der Waals surface area (Å²) >= 11 is 7.84. The zero-order valence-electron chi connectivity index (χ0n) is 17.0. The number of nitrogens with one attached hydrogen (secondary N) is 1. The molecule has 7 heteroatoms. The van der Waals surface area contributed by atoms with Crippen molar-refractivity contribution in [1.29, 1.82) is 0 Å². The Balaban J connectivity index is 1.36. The maximum Gasteiger partial charge on any atom is 0.262 e. The number of rotatable bonds is 3. The van der Waals surface area contributed by atoms with Gasteiger partial charge in [0.05, 0.1) is 0 Å². The summed E-state index contributed by atoms with van der Waals surface area (Å²) in [4.78, 5) is 22.3. The molecule has 2 aliphatic heterocycles. The Labute approximate surface area is 179 Å². The predicted molar refractivity (Wildman–Crippen MR) is 120 cm³/mol. The number of aryl methyl sites for hydroxylation is 3. The van der Waals surface area contributed by atoms with E-state index in [1.54, 1.807) is 15.7 Å². The van der Waals surface area contributed by atoms with Crippen molar-refractivity contribution in [3.63, 3.8) is 0 Å². The smallest absolute Gasteiger partial charge is 0.262 e. The minimum Gasteiger partial charge on any atom is -0.381 e. The minimum absolute atomic E-state index is 0.101. The Hall–Kier alpha value is -1.89. The van der Waals surface area contributed by atoms with E-state index in [-0.39, 0.29) is 5.56 Å². The Kier molecular flexibility index (Phi) is 4.68. The molecule has 29 heavy (non-hydrogen) atoms. The summed E-state index contributed by atoms with van der Waals surface area (Å²) in [5.41, 5.74) is 5.37. The topological polar surface area (TPSA) is 49.6 Å². The fourth-order valence-corrected chi connectivity index (χ4v) is 6.00. The van der Waals surface area contributed by atoms with Crippen molar-refractivity contribution in [2.24, 2.45) is 0 Å². The summed E-state index contributed by atoms with van der Waals surface area (Å²) in [5, 5.41) is 4.46. The first-order valence-corrected chi connectivity index (χ1v) is 11.4. The SMILES string of the molecule is Cc1nc2sc(C)c(C)n2c(=O)c1CCN1CC[C@H]2Nc3ccc(Cl)cc3[C@@H]2C1. The highest BCUT2D eigenvalue weighted by molar-refractivity contribution is 7.17. The summed E-state index contributed by atoms with van der Waals surface area (Å²) < 4.78 is 1.79. The molecule has 0 aliphatic carbocycles. The summed E-state index contributed by atoms with van der Waals surface area (Å²) in [6, 6.07) is 6.64. The van der Waals surface area contributed by atoms with Gasteiger partial charge in [-0.05, 0) is 57.4 Å². The van der Waals surface area contributed by atoms with Crippen LogP contribution in [0.15, 0.2) is 23.0 Å². The van der Waals surface area contributed by atoms with Crippen molar-refractivity contribution in [1.82, 2.24) is 14.3 Å². The monoisotopic (exact) mass is 428 g/mol. The van der Waals surface area contributed by atoms with Gasteiger partial charge in [0.1, 0.15) is 0 Å². The molecule has 0 bridgehead atoms. The highest BCUT2D eigenvalue weighted by Crippen LogP contribution is 2.41. The van der Waals surface area contributed by atoms with Crippen molar-refractivity contribution in [2.45, 2.75) is 45.6 Å². The van der Waals surface area contributed by atoms with Crippen LogP contribution in [0.3, 0.4) is 0 Å². The van der Waals surface area contributed by atoms with E-state index in [9.17, 15) is 4.79 Å². The van der Waals surface area contributed by atoms with Crippen molar-refractivity contribution >= 4 is 33.6 Å². The van der Waals surface area contributed by atoms with Crippen molar-refractivity contribution < 1.29 is 0 Å². The minimum atomic E-state index is 0.101. The number of halogens is 1. The van der Waals surface area contributed by atoms with Crippen molar-refractivity contribution in [3.05, 3.63) is 61.0 Å². The molecule has 0 saturated carbocycles. The van der Waals surface area contributed by atoms with Crippen LogP contribution in [0.2, 0.25) is 5.02 Å². The van der Waals surface area contributed by atoms with Crippen LogP contribution in [-0.4, -0.2) is 40.0 Å². The van der Waals surface area contributed by atoms with Gasteiger partial charge in [0.15, 0.2) is 4.96 Å². The van der Waals surface area contributed by atoms with E-state index < -0.39 is 0 Å². The number of likely N-dealkylation sites (tertiary alicyclic amines) is 1. The van der Waals surface area contributed by atoms with Gasteiger partial charge in [-0.15, -0.1) is 11.3 Å². The highest BCUT2D eigenvalue weighted by Gasteiger charge is 2.36. The molecule has 2 aromatic heterocycles. The largest absolute Gasteiger partial charge is 0.381 e. The molecule has 5 rings (SSSR count). The van der Waals surface area contributed by atoms with E-state index in [0.29, 0.717) is 12.0 Å². The van der Waals surface area contributed by atoms with Crippen LogP contribution >= 0.6 is 22.9 Å². The molecule has 152 valence electrons. The van der Waals surface area contributed by atoms with Gasteiger partial charge in [0, 0.05) is 64.1 Å². The molecule has 5 nitrogen and oxygen atoms in total. The van der Waals surface area contributed by atoms with Gasteiger partial charge in [-0.1, -0.05) is 11.6 Å². The third kappa shape index (κ3) is 3.18. The van der Waals surface area contributed by atoms with E-state index in [1.807, 2.05) is 26.8 Å². The Morgan fingerprint density at radius 2 is 2.14 bits per heavy atom. The second-order valence-electron chi connectivity index (χ2n) is 8.27. The number of piperidine rings is 1. The number of hydrogen-bond donors (Lipinski definition) is 1. The summed E-state index contributed by atoms with van der Waals surface area (Å²) in [6.45, 7) is 8.94. The average molecular weight is 429 g/mol. The lowest BCUT2D eigenvalue weighted by Crippen LogP contribution is -2.43. The van der Waals surface area contributed by atoms with E-state index in [1.165, 1.54) is 11.3 Å². The molecule has 0 amide bonds. The van der Waals surface area contributed by atoms with Gasteiger partial charge < -0.3 is 10.2 Å². The lowest BCUT2D eigenvalue weighted by atomic mass is 9.89. The number of fused-ring (bicyclic) bond motifs is 4. The van der Waals surface area contributed by atoms with Crippen LogP contribution in [0.4, 0.5) is 5.69 Å². The molecule has 1 fully saturated rings. The van der Waals surface area contributed by atoms with Gasteiger partial charge >= 0.3 is 0 Å². The lowest BCUT2D eigenvalue weighted by molar-refractivity contribution is 0.204. The van der Waals surface area contributed by atoms with Crippen molar-refractivity contribution in [2.75, 3.05) is 25.0 Å². The van der Waals surface area contributed by atoms with Crippen LogP contribution in [0, 0.1) is 20.8 Å². The zero-order valence-corrected chi connectivity index (χ0v) is 18.5. The zero-order chi connectivity index (χ0) is 20.3. The van der Waals surface area contributed by atoms with E-state index in [4.69, 9.17) is 16.6 Å². The van der Waals surface area contributed by atoms with Crippen LogP contribution in [0.5, 0.6) is 0 Å². The summed E-state index contributed by atoms with van der Waals surface area (Å²) in [6.07, 6.45) is 1.84. The number of aromatic nitrogens is 2. The van der Waals surface area contributed by atoms with E-state index in [2.05, 4.69) is 22.3 Å². The Morgan fingerprint density at radius 3 is 2.97 bits per heavy atom. The third-order valence-electron chi connectivity index (χ3n) is 6.57. The van der Waals surface area contributed by atoms with Crippen molar-refractivity contribution in [3.8, 4) is 0 Å². The summed E-state index contributed by atoms with van der Waals surface area (Å²) in [7, 11) is 0. The Morgan fingerprint density at radius 1 is 1.31 bits per heavy atom. The fraction of sp³-hybridized carbons (Fsp3) is 0.455.